The van der Waals surface area contributed by atoms with E-state index in [2.05, 4.69) is 15.3 Å². The molecule has 164 valence electrons. The van der Waals surface area contributed by atoms with Crippen molar-refractivity contribution in [3.05, 3.63) is 58.9 Å². The predicted molar refractivity (Wildman–Crippen MR) is 114 cm³/mol. The Labute approximate surface area is 181 Å². The van der Waals surface area contributed by atoms with E-state index in [4.69, 9.17) is 5.73 Å². The minimum atomic E-state index is -1.43. The first-order chi connectivity index (χ1) is 14.5. The van der Waals surface area contributed by atoms with Gasteiger partial charge in [0.15, 0.2) is 5.69 Å². The summed E-state index contributed by atoms with van der Waals surface area (Å²) in [6, 6.07) is 5.46. The molecule has 0 aliphatic rings. The summed E-state index contributed by atoms with van der Waals surface area (Å²) in [7, 11) is 0. The quantitative estimate of drug-likeness (QED) is 0.438. The number of primary amides is 1. The Bertz CT molecular complexity index is 1090. The van der Waals surface area contributed by atoms with E-state index in [1.807, 2.05) is 6.92 Å². The number of benzene rings is 1. The van der Waals surface area contributed by atoms with E-state index in [1.54, 1.807) is 18.3 Å². The van der Waals surface area contributed by atoms with Crippen molar-refractivity contribution in [3.63, 3.8) is 0 Å². The summed E-state index contributed by atoms with van der Waals surface area (Å²) in [4.78, 5) is 20.1. The van der Waals surface area contributed by atoms with Crippen molar-refractivity contribution >= 4 is 28.1 Å². The number of aliphatic hydroxyl groups excluding tert-OH is 1. The van der Waals surface area contributed by atoms with Crippen LogP contribution in [0.15, 0.2) is 30.5 Å². The molecule has 0 aliphatic carbocycles. The first-order valence-corrected chi connectivity index (χ1v) is 10.2. The molecule has 0 spiro atoms. The molecule has 2 heterocycles. The van der Waals surface area contributed by atoms with Crippen LogP contribution in [0.4, 0.5) is 19.6 Å². The molecule has 1 unspecified atom stereocenters. The van der Waals surface area contributed by atoms with Gasteiger partial charge < -0.3 is 21.3 Å². The van der Waals surface area contributed by atoms with Crippen LogP contribution in [0.3, 0.4) is 0 Å². The van der Waals surface area contributed by atoms with E-state index < -0.39 is 28.7 Å². The first-order valence-electron chi connectivity index (χ1n) is 9.38. The van der Waals surface area contributed by atoms with Crippen LogP contribution in [-0.2, 0) is 5.60 Å². The number of pyridine rings is 1. The molecule has 5 N–H and O–H groups in total. The molecule has 0 saturated heterocycles. The van der Waals surface area contributed by atoms with Gasteiger partial charge in [0.2, 0.25) is 0 Å². The highest BCUT2D eigenvalue weighted by Gasteiger charge is 2.25. The zero-order chi connectivity index (χ0) is 22.9. The van der Waals surface area contributed by atoms with Gasteiger partial charge in [-0.05, 0) is 43.2 Å². The van der Waals surface area contributed by atoms with Gasteiger partial charge >= 0.3 is 0 Å². The van der Waals surface area contributed by atoms with Crippen molar-refractivity contribution in [2.75, 3.05) is 11.9 Å². The van der Waals surface area contributed by atoms with Crippen LogP contribution in [0.25, 0.3) is 10.6 Å². The molecule has 0 aliphatic heterocycles. The standard InChI is InChI=1S/C21H22F2N4O3S/c1-10(9-28)11-4-5-15(25-8-11)26-20-17(18(24)29)27-19(31-20)16-13(22)6-12(7-14(16)23)21(2,3)30/h4-8,10,28,30H,9H2,1-3H3,(H2,24,29)(H,25,26). The average Bonchev–Trinajstić information content (AvgIpc) is 3.10. The van der Waals surface area contributed by atoms with Crippen LogP contribution in [0.5, 0.6) is 0 Å². The Hall–Kier alpha value is -2.95. The minimum Gasteiger partial charge on any atom is -0.396 e. The molecule has 0 radical (unpaired) electrons. The summed E-state index contributed by atoms with van der Waals surface area (Å²) in [6.45, 7) is 4.65. The van der Waals surface area contributed by atoms with E-state index >= 15 is 0 Å². The van der Waals surface area contributed by atoms with Crippen LogP contribution in [0.1, 0.15) is 48.3 Å². The molecule has 0 bridgehead atoms. The zero-order valence-electron chi connectivity index (χ0n) is 17.1. The Morgan fingerprint density at radius 3 is 2.42 bits per heavy atom. The van der Waals surface area contributed by atoms with Gasteiger partial charge in [-0.1, -0.05) is 24.3 Å². The van der Waals surface area contributed by atoms with Crippen LogP contribution in [-0.4, -0.2) is 32.7 Å². The molecule has 0 saturated carbocycles. The van der Waals surface area contributed by atoms with E-state index in [0.29, 0.717) is 5.82 Å². The third-order valence-electron chi connectivity index (χ3n) is 4.69. The Morgan fingerprint density at radius 2 is 1.94 bits per heavy atom. The van der Waals surface area contributed by atoms with Gasteiger partial charge in [-0.3, -0.25) is 4.79 Å². The number of amides is 1. The lowest BCUT2D eigenvalue weighted by Crippen LogP contribution is -2.16. The molecule has 0 fully saturated rings. The molecule has 7 nitrogen and oxygen atoms in total. The van der Waals surface area contributed by atoms with Crippen molar-refractivity contribution in [3.8, 4) is 10.6 Å². The number of hydrogen-bond donors (Lipinski definition) is 4. The summed E-state index contributed by atoms with van der Waals surface area (Å²) in [5, 5.41) is 22.2. The van der Waals surface area contributed by atoms with Gasteiger partial charge in [-0.25, -0.2) is 18.7 Å². The maximum atomic E-state index is 14.7. The molecule has 3 rings (SSSR count). The lowest BCUT2D eigenvalue weighted by molar-refractivity contribution is 0.0778. The third-order valence-corrected chi connectivity index (χ3v) is 5.68. The van der Waals surface area contributed by atoms with Crippen molar-refractivity contribution in [2.24, 2.45) is 5.73 Å². The average molecular weight is 448 g/mol. The number of carbonyl (C=O) groups is 1. The lowest BCUT2D eigenvalue weighted by atomic mass is 9.96. The number of thiazole rings is 1. The Morgan fingerprint density at radius 1 is 1.29 bits per heavy atom. The fourth-order valence-electron chi connectivity index (χ4n) is 2.80. The molecule has 1 aromatic carbocycles. The monoisotopic (exact) mass is 448 g/mol. The summed E-state index contributed by atoms with van der Waals surface area (Å²) in [5.74, 6) is -2.44. The highest BCUT2D eigenvalue weighted by Crippen LogP contribution is 2.37. The topological polar surface area (TPSA) is 121 Å². The highest BCUT2D eigenvalue weighted by molar-refractivity contribution is 7.19. The third kappa shape index (κ3) is 4.87. The largest absolute Gasteiger partial charge is 0.396 e. The summed E-state index contributed by atoms with van der Waals surface area (Å²) >= 11 is 0.847. The Kier molecular flexibility index (Phi) is 6.35. The van der Waals surface area contributed by atoms with Gasteiger partial charge in [0.1, 0.15) is 27.5 Å². The predicted octanol–water partition coefficient (Wildman–Crippen LogP) is 3.65. The van der Waals surface area contributed by atoms with E-state index in [-0.39, 0.29) is 33.8 Å². The molecule has 10 heteroatoms. The molecule has 1 atom stereocenters. The molecule has 31 heavy (non-hydrogen) atoms. The second-order valence-electron chi connectivity index (χ2n) is 7.62. The number of nitrogens with one attached hydrogen (secondary N) is 1. The minimum absolute atomic E-state index is 0.0259. The molecule has 1 amide bonds. The number of carbonyl (C=O) groups excluding carboxylic acids is 1. The lowest BCUT2D eigenvalue weighted by Gasteiger charge is -2.18. The van der Waals surface area contributed by atoms with Gasteiger partial charge in [0, 0.05) is 18.7 Å². The molecule has 2 aromatic heterocycles. The Balaban J connectivity index is 1.99. The number of rotatable bonds is 7. The van der Waals surface area contributed by atoms with Crippen LogP contribution >= 0.6 is 11.3 Å². The van der Waals surface area contributed by atoms with Crippen LogP contribution in [0.2, 0.25) is 0 Å². The molecular weight excluding hydrogens is 426 g/mol. The maximum absolute atomic E-state index is 14.7. The number of nitrogens with zero attached hydrogens (tertiary/aromatic N) is 2. The summed E-state index contributed by atoms with van der Waals surface area (Å²) < 4.78 is 29.4. The van der Waals surface area contributed by atoms with Gasteiger partial charge in [-0.2, -0.15) is 0 Å². The summed E-state index contributed by atoms with van der Waals surface area (Å²) in [6.07, 6.45) is 1.57. The number of nitrogens with two attached hydrogens (primary N) is 1. The molecule has 3 aromatic rings. The van der Waals surface area contributed by atoms with Gasteiger partial charge in [0.05, 0.1) is 11.2 Å². The van der Waals surface area contributed by atoms with Gasteiger partial charge in [-0.15, -0.1) is 0 Å². The van der Waals surface area contributed by atoms with Crippen molar-refractivity contribution in [1.82, 2.24) is 9.97 Å². The first kappa shape index (κ1) is 22.7. The smallest absolute Gasteiger partial charge is 0.270 e. The van der Waals surface area contributed by atoms with Gasteiger partial charge in [0.25, 0.3) is 5.91 Å². The number of aliphatic hydroxyl groups is 2. The zero-order valence-corrected chi connectivity index (χ0v) is 17.9. The van der Waals surface area contributed by atoms with E-state index in [0.717, 1.165) is 29.0 Å². The normalized spacial score (nSPS) is 12.6. The van der Waals surface area contributed by atoms with Crippen molar-refractivity contribution in [1.29, 1.82) is 0 Å². The summed E-state index contributed by atoms with van der Waals surface area (Å²) in [5.41, 5.74) is 4.25. The fourth-order valence-corrected chi connectivity index (χ4v) is 3.83. The second-order valence-corrected chi connectivity index (χ2v) is 8.62. The van der Waals surface area contributed by atoms with E-state index in [9.17, 15) is 23.8 Å². The van der Waals surface area contributed by atoms with Crippen LogP contribution in [0, 0.1) is 11.6 Å². The number of aromatic nitrogens is 2. The highest BCUT2D eigenvalue weighted by atomic mass is 32.1. The maximum Gasteiger partial charge on any atom is 0.270 e. The number of halogens is 2. The number of anilines is 2. The van der Waals surface area contributed by atoms with Crippen molar-refractivity contribution in [2.45, 2.75) is 32.3 Å². The second kappa shape index (κ2) is 8.66. The van der Waals surface area contributed by atoms with Crippen LogP contribution < -0.4 is 11.1 Å². The van der Waals surface area contributed by atoms with Crippen molar-refractivity contribution < 1.29 is 23.8 Å². The SMILES string of the molecule is CC(CO)c1ccc(Nc2sc(-c3c(F)cc(C(C)(C)O)cc3F)nc2C(N)=O)nc1. The molecular formula is C21H22F2N4O3S. The van der Waals surface area contributed by atoms with E-state index in [1.165, 1.54) is 13.8 Å². The number of hydrogen-bond acceptors (Lipinski definition) is 7. The fraction of sp³-hybridized carbons (Fsp3) is 0.286.